The molecule has 2 aliphatic carbocycles. The van der Waals surface area contributed by atoms with Gasteiger partial charge in [-0.2, -0.15) is 5.10 Å². The molecule has 0 saturated heterocycles. The number of nitrogens with one attached hydrogen (secondary N) is 2. The molecule has 1 amide bonds. The van der Waals surface area contributed by atoms with Gasteiger partial charge in [0.05, 0.1) is 18.3 Å². The molecule has 2 fully saturated rings. The Morgan fingerprint density at radius 2 is 2.00 bits per heavy atom. The number of allylic oxidation sites excluding steroid dienone is 5. The molecule has 2 saturated carbocycles. The lowest BCUT2D eigenvalue weighted by atomic mass is 9.60. The standard InChI is InChI=1S/C33H44N4O/c1-7-9-13-25(8-2)29-17-28(26-14-11-10-12-15-26)35-30-27(20-34-37(29)30)31(38)36-32(6)18-24-16-23(5)33(19-24,21-32)22(3)4/h7-15,20,22-24,28-29,35H,2,16-19,21H2,1,3-6H3,(H,36,38)/b9-7-,25-13+. The van der Waals surface area contributed by atoms with E-state index < -0.39 is 0 Å². The van der Waals surface area contributed by atoms with Crippen molar-refractivity contribution >= 4 is 11.7 Å². The Balaban J connectivity index is 1.47. The summed E-state index contributed by atoms with van der Waals surface area (Å²) in [5.41, 5.74) is 3.01. The first-order valence-corrected chi connectivity index (χ1v) is 14.4. The van der Waals surface area contributed by atoms with E-state index in [-0.39, 0.29) is 23.5 Å². The van der Waals surface area contributed by atoms with Gasteiger partial charge in [0, 0.05) is 5.54 Å². The zero-order valence-electron chi connectivity index (χ0n) is 23.7. The third-order valence-corrected chi connectivity index (χ3v) is 9.77. The number of amides is 1. The average Bonchev–Trinajstić information content (AvgIpc) is 3.43. The van der Waals surface area contributed by atoms with Crippen LogP contribution in [0.2, 0.25) is 0 Å². The van der Waals surface area contributed by atoms with Crippen molar-refractivity contribution in [2.24, 2.45) is 23.2 Å². The van der Waals surface area contributed by atoms with E-state index in [0.29, 0.717) is 28.7 Å². The monoisotopic (exact) mass is 512 g/mol. The number of aromatic nitrogens is 2. The van der Waals surface area contributed by atoms with Gasteiger partial charge in [0.15, 0.2) is 0 Å². The highest BCUT2D eigenvalue weighted by Crippen LogP contribution is 2.61. The normalized spacial score (nSPS) is 32.7. The van der Waals surface area contributed by atoms with Crippen LogP contribution < -0.4 is 10.6 Å². The van der Waals surface area contributed by atoms with Gasteiger partial charge >= 0.3 is 0 Å². The van der Waals surface area contributed by atoms with Crippen molar-refractivity contribution in [1.82, 2.24) is 15.1 Å². The molecule has 3 aliphatic rings. The van der Waals surface area contributed by atoms with Crippen LogP contribution in [0.4, 0.5) is 5.82 Å². The Labute approximate surface area is 228 Å². The number of hydrogen-bond acceptors (Lipinski definition) is 3. The Bertz CT molecular complexity index is 1240. The molecule has 5 nitrogen and oxygen atoms in total. The maximum Gasteiger partial charge on any atom is 0.257 e. The number of carbonyl (C=O) groups excluding carboxylic acids is 1. The van der Waals surface area contributed by atoms with Gasteiger partial charge in [-0.1, -0.05) is 82.0 Å². The predicted molar refractivity (Wildman–Crippen MR) is 156 cm³/mol. The fraction of sp³-hybridized carbons (Fsp3) is 0.515. The molecule has 2 aromatic rings. The first-order valence-electron chi connectivity index (χ1n) is 14.4. The summed E-state index contributed by atoms with van der Waals surface area (Å²) < 4.78 is 1.98. The summed E-state index contributed by atoms with van der Waals surface area (Å²) in [6, 6.07) is 10.5. The van der Waals surface area contributed by atoms with Crippen LogP contribution in [-0.4, -0.2) is 21.2 Å². The number of fused-ring (bicyclic) bond motifs is 3. The summed E-state index contributed by atoms with van der Waals surface area (Å²) in [4.78, 5) is 14.0. The number of nitrogens with zero attached hydrogens (tertiary/aromatic N) is 2. The Morgan fingerprint density at radius 3 is 2.68 bits per heavy atom. The van der Waals surface area contributed by atoms with Crippen molar-refractivity contribution in [2.45, 2.75) is 84.3 Å². The SMILES string of the molecule is C=C/C(=C\C=C/C)C1CC(c2ccccc2)Nc2c(C(=O)NC3(C)CC4CC(C)C(C(C)C)(C4)C3)cnn21. The van der Waals surface area contributed by atoms with Gasteiger partial charge < -0.3 is 10.6 Å². The van der Waals surface area contributed by atoms with E-state index in [0.717, 1.165) is 30.7 Å². The van der Waals surface area contributed by atoms with Crippen molar-refractivity contribution < 1.29 is 4.79 Å². The minimum atomic E-state index is -0.213. The molecule has 202 valence electrons. The van der Waals surface area contributed by atoms with Crippen molar-refractivity contribution in [3.05, 3.63) is 84.1 Å². The first kappa shape index (κ1) is 26.5. The van der Waals surface area contributed by atoms with Crippen LogP contribution in [0.3, 0.4) is 0 Å². The fourth-order valence-corrected chi connectivity index (χ4v) is 8.00. The number of anilines is 1. The third kappa shape index (κ3) is 4.65. The van der Waals surface area contributed by atoms with E-state index in [4.69, 9.17) is 5.10 Å². The van der Waals surface area contributed by atoms with E-state index in [1.54, 1.807) is 6.20 Å². The molecule has 6 unspecified atom stereocenters. The van der Waals surface area contributed by atoms with E-state index in [1.165, 1.54) is 18.4 Å². The van der Waals surface area contributed by atoms with Gasteiger partial charge in [-0.3, -0.25) is 4.79 Å². The van der Waals surface area contributed by atoms with Crippen molar-refractivity contribution in [3.8, 4) is 0 Å². The maximum atomic E-state index is 14.0. The second-order valence-corrected chi connectivity index (χ2v) is 12.6. The Morgan fingerprint density at radius 1 is 1.24 bits per heavy atom. The van der Waals surface area contributed by atoms with Gasteiger partial charge in [0.2, 0.25) is 0 Å². The lowest BCUT2D eigenvalue weighted by Gasteiger charge is -2.49. The van der Waals surface area contributed by atoms with Crippen LogP contribution in [-0.2, 0) is 0 Å². The quantitative estimate of drug-likeness (QED) is 0.375. The highest BCUT2D eigenvalue weighted by atomic mass is 16.1. The summed E-state index contributed by atoms with van der Waals surface area (Å²) in [6.07, 6.45) is 15.3. The molecular weight excluding hydrogens is 468 g/mol. The summed E-state index contributed by atoms with van der Waals surface area (Å²) in [5.74, 6) is 2.75. The van der Waals surface area contributed by atoms with E-state index >= 15 is 0 Å². The summed E-state index contributed by atoms with van der Waals surface area (Å²) in [6.45, 7) is 15.5. The largest absolute Gasteiger partial charge is 0.363 e. The summed E-state index contributed by atoms with van der Waals surface area (Å²) in [7, 11) is 0. The van der Waals surface area contributed by atoms with Crippen LogP contribution in [0.25, 0.3) is 0 Å². The molecule has 0 spiro atoms. The van der Waals surface area contributed by atoms with Crippen molar-refractivity contribution in [2.75, 3.05) is 5.32 Å². The van der Waals surface area contributed by atoms with Crippen LogP contribution in [0.5, 0.6) is 0 Å². The Kier molecular flexibility index (Phi) is 7.15. The highest BCUT2D eigenvalue weighted by Gasteiger charge is 2.55. The zero-order valence-corrected chi connectivity index (χ0v) is 23.7. The highest BCUT2D eigenvalue weighted by molar-refractivity contribution is 5.99. The Hall–Kier alpha value is -3.08. The zero-order chi connectivity index (χ0) is 27.1. The van der Waals surface area contributed by atoms with E-state index in [2.05, 4.69) is 75.2 Å². The summed E-state index contributed by atoms with van der Waals surface area (Å²) >= 11 is 0. The smallest absolute Gasteiger partial charge is 0.257 e. The van der Waals surface area contributed by atoms with Gasteiger partial charge in [-0.15, -0.1) is 0 Å². The van der Waals surface area contributed by atoms with Gasteiger partial charge in [0.25, 0.3) is 5.91 Å². The number of rotatable bonds is 7. The summed E-state index contributed by atoms with van der Waals surface area (Å²) in [5, 5.41) is 12.0. The molecule has 5 rings (SSSR count). The fourth-order valence-electron chi connectivity index (χ4n) is 8.00. The molecule has 0 radical (unpaired) electrons. The lowest BCUT2D eigenvalue weighted by molar-refractivity contribution is 0.0386. The van der Waals surface area contributed by atoms with Crippen LogP contribution in [0.15, 0.2) is 73.0 Å². The van der Waals surface area contributed by atoms with E-state index in [1.807, 2.05) is 35.9 Å². The number of carbonyl (C=O) groups is 1. The second-order valence-electron chi connectivity index (χ2n) is 12.6. The molecule has 1 aromatic carbocycles. The topological polar surface area (TPSA) is 59.0 Å². The number of benzene rings is 1. The van der Waals surface area contributed by atoms with Crippen LogP contribution in [0.1, 0.15) is 94.7 Å². The average molecular weight is 513 g/mol. The van der Waals surface area contributed by atoms with Crippen molar-refractivity contribution in [1.29, 1.82) is 0 Å². The molecule has 6 atom stereocenters. The van der Waals surface area contributed by atoms with Gasteiger partial charge in [-0.25, -0.2) is 4.68 Å². The van der Waals surface area contributed by atoms with Crippen LogP contribution >= 0.6 is 0 Å². The molecule has 1 aromatic heterocycles. The first-order chi connectivity index (χ1) is 18.2. The van der Waals surface area contributed by atoms with Crippen molar-refractivity contribution in [3.63, 3.8) is 0 Å². The minimum Gasteiger partial charge on any atom is -0.363 e. The third-order valence-electron chi connectivity index (χ3n) is 9.77. The predicted octanol–water partition coefficient (Wildman–Crippen LogP) is 7.64. The molecule has 2 heterocycles. The minimum absolute atomic E-state index is 0.0159. The van der Waals surface area contributed by atoms with Crippen LogP contribution in [0, 0.1) is 23.2 Å². The number of hydrogen-bond donors (Lipinski definition) is 2. The van der Waals surface area contributed by atoms with Gasteiger partial charge in [0.1, 0.15) is 11.4 Å². The molecular formula is C33H44N4O. The van der Waals surface area contributed by atoms with E-state index in [9.17, 15) is 4.79 Å². The molecule has 5 heteroatoms. The molecule has 1 aliphatic heterocycles. The molecule has 2 bridgehead atoms. The van der Waals surface area contributed by atoms with Gasteiger partial charge in [-0.05, 0) is 80.3 Å². The second kappa shape index (κ2) is 10.2. The molecule has 38 heavy (non-hydrogen) atoms. The lowest BCUT2D eigenvalue weighted by Crippen LogP contribution is -2.53. The molecule has 2 N–H and O–H groups in total. The maximum absolute atomic E-state index is 14.0.